The molecule has 0 aliphatic rings. The Hall–Kier alpha value is -0.580. The molecular weight excluding hydrogens is 236 g/mol. The third-order valence-electron chi connectivity index (χ3n) is 1.11. The molecule has 70 valence electrons. The Balaban J connectivity index is 2.83. The van der Waals surface area contributed by atoms with E-state index < -0.39 is 0 Å². The molecular formula is C6H4Cl3N3O. The molecule has 0 atom stereocenters. The van der Waals surface area contributed by atoms with Crippen molar-refractivity contribution in [1.29, 1.82) is 0 Å². The first-order valence-corrected chi connectivity index (χ1v) is 4.46. The SMILES string of the molecule is O=C(CCl)Nc1cnc(Cl)nc1Cl. The molecule has 0 aliphatic heterocycles. The van der Waals surface area contributed by atoms with Gasteiger partial charge in [-0.25, -0.2) is 9.97 Å². The normalized spacial score (nSPS) is 9.77. The molecule has 1 aromatic rings. The second kappa shape index (κ2) is 4.60. The van der Waals surface area contributed by atoms with Gasteiger partial charge in [0.15, 0.2) is 5.15 Å². The molecule has 0 unspecified atom stereocenters. The minimum absolute atomic E-state index is 0.0221. The number of hydrogen-bond acceptors (Lipinski definition) is 3. The van der Waals surface area contributed by atoms with Crippen molar-refractivity contribution in [3.05, 3.63) is 16.6 Å². The minimum atomic E-state index is -0.380. The number of rotatable bonds is 2. The van der Waals surface area contributed by atoms with Crippen LogP contribution < -0.4 is 5.32 Å². The highest BCUT2D eigenvalue weighted by Gasteiger charge is 2.06. The van der Waals surface area contributed by atoms with Gasteiger partial charge >= 0.3 is 0 Å². The fourth-order valence-corrected chi connectivity index (χ4v) is 1.03. The van der Waals surface area contributed by atoms with Crippen LogP contribution in [-0.4, -0.2) is 21.8 Å². The summed E-state index contributed by atoms with van der Waals surface area (Å²) >= 11 is 16.3. The van der Waals surface area contributed by atoms with Crippen molar-refractivity contribution in [2.75, 3.05) is 11.2 Å². The standard InChI is InChI=1S/C6H4Cl3N3O/c7-1-4(13)11-3-2-10-6(9)12-5(3)8/h2H,1H2,(H,11,13). The predicted octanol–water partition coefficient (Wildman–Crippen LogP) is 1.96. The van der Waals surface area contributed by atoms with E-state index in [1.807, 2.05) is 0 Å². The Kier molecular flexibility index (Phi) is 3.71. The first kappa shape index (κ1) is 10.5. The molecule has 7 heteroatoms. The number of aromatic nitrogens is 2. The van der Waals surface area contributed by atoms with E-state index in [-0.39, 0.29) is 27.9 Å². The summed E-state index contributed by atoms with van der Waals surface area (Å²) in [7, 11) is 0. The summed E-state index contributed by atoms with van der Waals surface area (Å²) in [6.07, 6.45) is 1.31. The maximum Gasteiger partial charge on any atom is 0.239 e. The van der Waals surface area contributed by atoms with Crippen molar-refractivity contribution in [3.63, 3.8) is 0 Å². The summed E-state index contributed by atoms with van der Waals surface area (Å²) in [4.78, 5) is 18.1. The van der Waals surface area contributed by atoms with Crippen LogP contribution in [0, 0.1) is 0 Å². The fourth-order valence-electron chi connectivity index (χ4n) is 0.609. The van der Waals surface area contributed by atoms with Crippen LogP contribution in [0.3, 0.4) is 0 Å². The van der Waals surface area contributed by atoms with Crippen molar-refractivity contribution < 1.29 is 4.79 Å². The topological polar surface area (TPSA) is 54.9 Å². The maximum atomic E-state index is 10.8. The third kappa shape index (κ3) is 2.99. The third-order valence-corrected chi connectivity index (χ3v) is 1.82. The molecule has 1 rings (SSSR count). The first-order valence-electron chi connectivity index (χ1n) is 3.17. The highest BCUT2D eigenvalue weighted by Crippen LogP contribution is 2.19. The number of anilines is 1. The van der Waals surface area contributed by atoms with E-state index in [0.29, 0.717) is 0 Å². The molecule has 13 heavy (non-hydrogen) atoms. The van der Waals surface area contributed by atoms with Gasteiger partial charge in [-0.3, -0.25) is 4.79 Å². The number of hydrogen-bond donors (Lipinski definition) is 1. The average molecular weight is 240 g/mol. The highest BCUT2D eigenvalue weighted by molar-refractivity contribution is 6.34. The van der Waals surface area contributed by atoms with Crippen LogP contribution in [0.5, 0.6) is 0 Å². The highest BCUT2D eigenvalue weighted by atomic mass is 35.5. The molecule has 1 aromatic heterocycles. The molecule has 1 N–H and O–H groups in total. The van der Waals surface area contributed by atoms with Gasteiger partial charge in [-0.15, -0.1) is 11.6 Å². The average Bonchev–Trinajstić information content (AvgIpc) is 2.09. The molecule has 0 saturated heterocycles. The van der Waals surface area contributed by atoms with Crippen molar-refractivity contribution in [2.24, 2.45) is 0 Å². The largest absolute Gasteiger partial charge is 0.321 e. The van der Waals surface area contributed by atoms with Crippen LogP contribution in [0.4, 0.5) is 5.69 Å². The molecule has 0 fully saturated rings. The lowest BCUT2D eigenvalue weighted by molar-refractivity contribution is -0.113. The van der Waals surface area contributed by atoms with Crippen LogP contribution in [0.2, 0.25) is 10.4 Å². The summed E-state index contributed by atoms with van der Waals surface area (Å²) in [5.74, 6) is -0.534. The van der Waals surface area contributed by atoms with Crippen molar-refractivity contribution in [3.8, 4) is 0 Å². The molecule has 0 radical (unpaired) electrons. The van der Waals surface area contributed by atoms with E-state index in [9.17, 15) is 4.79 Å². The quantitative estimate of drug-likeness (QED) is 0.488. The number of alkyl halides is 1. The Labute approximate surface area is 89.2 Å². The lowest BCUT2D eigenvalue weighted by atomic mass is 10.5. The summed E-state index contributed by atoms with van der Waals surface area (Å²) in [5, 5.41) is 2.50. The molecule has 0 aliphatic carbocycles. The molecule has 0 aromatic carbocycles. The number of carbonyl (C=O) groups is 1. The van der Waals surface area contributed by atoms with Crippen LogP contribution in [0.15, 0.2) is 6.20 Å². The fraction of sp³-hybridized carbons (Fsp3) is 0.167. The second-order valence-electron chi connectivity index (χ2n) is 2.03. The van der Waals surface area contributed by atoms with Crippen LogP contribution in [0.1, 0.15) is 0 Å². The van der Waals surface area contributed by atoms with Gasteiger partial charge in [-0.05, 0) is 11.6 Å². The molecule has 0 bridgehead atoms. The molecule has 1 amide bonds. The number of nitrogens with zero attached hydrogens (tertiary/aromatic N) is 2. The van der Waals surface area contributed by atoms with Crippen molar-refractivity contribution >= 4 is 46.4 Å². The smallest absolute Gasteiger partial charge is 0.239 e. The lowest BCUT2D eigenvalue weighted by Gasteiger charge is -2.03. The Morgan fingerprint density at radius 3 is 2.77 bits per heavy atom. The Morgan fingerprint density at radius 2 is 2.23 bits per heavy atom. The van der Waals surface area contributed by atoms with E-state index in [2.05, 4.69) is 15.3 Å². The summed E-state index contributed by atoms with van der Waals surface area (Å²) < 4.78 is 0. The van der Waals surface area contributed by atoms with Gasteiger partial charge < -0.3 is 5.32 Å². The number of carbonyl (C=O) groups excluding carboxylic acids is 1. The summed E-state index contributed by atoms with van der Waals surface area (Å²) in [6.45, 7) is 0. The maximum absolute atomic E-state index is 10.8. The van der Waals surface area contributed by atoms with Gasteiger partial charge in [0.2, 0.25) is 11.2 Å². The van der Waals surface area contributed by atoms with E-state index in [4.69, 9.17) is 34.8 Å². The van der Waals surface area contributed by atoms with Crippen molar-refractivity contribution in [2.45, 2.75) is 0 Å². The van der Waals surface area contributed by atoms with E-state index in [1.165, 1.54) is 6.20 Å². The van der Waals surface area contributed by atoms with E-state index in [0.717, 1.165) is 0 Å². The molecule has 0 saturated carbocycles. The minimum Gasteiger partial charge on any atom is -0.321 e. The second-order valence-corrected chi connectivity index (χ2v) is 2.99. The lowest BCUT2D eigenvalue weighted by Crippen LogP contribution is -2.13. The molecule has 0 spiro atoms. The summed E-state index contributed by atoms with van der Waals surface area (Å²) in [6, 6.07) is 0. The zero-order valence-corrected chi connectivity index (χ0v) is 8.49. The number of halogens is 3. The number of nitrogens with one attached hydrogen (secondary N) is 1. The Morgan fingerprint density at radius 1 is 1.54 bits per heavy atom. The van der Waals surface area contributed by atoms with Gasteiger partial charge in [0, 0.05) is 0 Å². The van der Waals surface area contributed by atoms with Crippen LogP contribution in [-0.2, 0) is 4.79 Å². The predicted molar refractivity (Wildman–Crippen MR) is 51.4 cm³/mol. The number of amides is 1. The van der Waals surface area contributed by atoms with Crippen molar-refractivity contribution in [1.82, 2.24) is 9.97 Å². The van der Waals surface area contributed by atoms with Gasteiger partial charge in [-0.1, -0.05) is 11.6 Å². The first-order chi connectivity index (χ1) is 6.13. The van der Waals surface area contributed by atoms with Crippen LogP contribution in [0.25, 0.3) is 0 Å². The molecule has 1 heterocycles. The summed E-state index contributed by atoms with van der Waals surface area (Å²) in [5.41, 5.74) is 0.289. The van der Waals surface area contributed by atoms with Gasteiger partial charge in [0.05, 0.1) is 11.9 Å². The van der Waals surface area contributed by atoms with Gasteiger partial charge in [0.25, 0.3) is 0 Å². The van der Waals surface area contributed by atoms with Crippen LogP contribution >= 0.6 is 34.8 Å². The monoisotopic (exact) mass is 239 g/mol. The Bertz CT molecular complexity index is 331. The van der Waals surface area contributed by atoms with Gasteiger partial charge in [0.1, 0.15) is 5.88 Å². The molecule has 4 nitrogen and oxygen atoms in total. The van der Waals surface area contributed by atoms with E-state index in [1.54, 1.807) is 0 Å². The van der Waals surface area contributed by atoms with E-state index >= 15 is 0 Å². The van der Waals surface area contributed by atoms with Gasteiger partial charge in [-0.2, -0.15) is 0 Å². The zero-order valence-electron chi connectivity index (χ0n) is 6.22. The zero-order chi connectivity index (χ0) is 9.84.